The van der Waals surface area contributed by atoms with Gasteiger partial charge in [0.15, 0.2) is 0 Å². The third kappa shape index (κ3) is 4.71. The summed E-state index contributed by atoms with van der Waals surface area (Å²) in [6, 6.07) is 4.02. The second kappa shape index (κ2) is 7.25. The smallest absolute Gasteiger partial charge is 0.307 e. The van der Waals surface area contributed by atoms with Crippen LogP contribution < -0.4 is 5.73 Å². The standard InChI is InChI=1S/C12H16FNO2.ClH/c1-3-16-12(15)7-11(14)9-6-8(2)4-5-10(9)13;/h4-6,11H,3,7,14H2,1-2H3;1H/t11-;/m0./s1. The number of hydrogen-bond acceptors (Lipinski definition) is 3. The Hall–Kier alpha value is -1.13. The summed E-state index contributed by atoms with van der Waals surface area (Å²) in [5.74, 6) is -0.793. The first kappa shape index (κ1) is 15.9. The molecule has 1 atom stereocenters. The summed E-state index contributed by atoms with van der Waals surface area (Å²) in [7, 11) is 0. The maximum absolute atomic E-state index is 13.4. The van der Waals surface area contributed by atoms with Gasteiger partial charge in [0.25, 0.3) is 0 Å². The van der Waals surface area contributed by atoms with Crippen LogP contribution in [0.1, 0.15) is 30.5 Å². The van der Waals surface area contributed by atoms with Crippen LogP contribution in [0.3, 0.4) is 0 Å². The third-order valence-electron chi connectivity index (χ3n) is 2.24. The first-order valence-corrected chi connectivity index (χ1v) is 5.21. The van der Waals surface area contributed by atoms with E-state index in [1.54, 1.807) is 19.1 Å². The van der Waals surface area contributed by atoms with Crippen molar-refractivity contribution in [1.82, 2.24) is 0 Å². The summed E-state index contributed by atoms with van der Waals surface area (Å²) >= 11 is 0. The summed E-state index contributed by atoms with van der Waals surface area (Å²) in [6.45, 7) is 3.87. The van der Waals surface area contributed by atoms with E-state index in [-0.39, 0.29) is 24.6 Å². The molecule has 0 aliphatic carbocycles. The van der Waals surface area contributed by atoms with Gasteiger partial charge in [-0.2, -0.15) is 0 Å². The molecule has 0 fully saturated rings. The molecule has 0 saturated carbocycles. The zero-order chi connectivity index (χ0) is 12.1. The summed E-state index contributed by atoms with van der Waals surface area (Å²) in [6.07, 6.45) is -0.00574. The van der Waals surface area contributed by atoms with Crippen LogP contribution in [0.5, 0.6) is 0 Å². The summed E-state index contributed by atoms with van der Waals surface area (Å²) in [4.78, 5) is 11.2. The molecule has 0 saturated heterocycles. The molecule has 3 nitrogen and oxygen atoms in total. The molecule has 96 valence electrons. The molecule has 1 aromatic carbocycles. The van der Waals surface area contributed by atoms with E-state index in [9.17, 15) is 9.18 Å². The Morgan fingerprint density at radius 1 is 1.53 bits per heavy atom. The number of rotatable bonds is 4. The van der Waals surface area contributed by atoms with Crippen molar-refractivity contribution in [2.24, 2.45) is 5.73 Å². The van der Waals surface area contributed by atoms with Gasteiger partial charge < -0.3 is 10.5 Å². The van der Waals surface area contributed by atoms with Crippen molar-refractivity contribution in [3.63, 3.8) is 0 Å². The van der Waals surface area contributed by atoms with Gasteiger partial charge in [0.05, 0.1) is 13.0 Å². The van der Waals surface area contributed by atoms with Crippen molar-refractivity contribution in [2.75, 3.05) is 6.61 Å². The fourth-order valence-corrected chi connectivity index (χ4v) is 1.46. The van der Waals surface area contributed by atoms with E-state index in [1.165, 1.54) is 6.07 Å². The van der Waals surface area contributed by atoms with Gasteiger partial charge in [-0.25, -0.2) is 4.39 Å². The van der Waals surface area contributed by atoms with Gasteiger partial charge in [-0.3, -0.25) is 4.79 Å². The van der Waals surface area contributed by atoms with Crippen LogP contribution >= 0.6 is 12.4 Å². The lowest BCUT2D eigenvalue weighted by atomic mass is 10.0. The van der Waals surface area contributed by atoms with Crippen molar-refractivity contribution >= 4 is 18.4 Å². The molecule has 0 bridgehead atoms. The summed E-state index contributed by atoms with van der Waals surface area (Å²) < 4.78 is 18.2. The van der Waals surface area contributed by atoms with Crippen molar-refractivity contribution in [3.05, 3.63) is 35.1 Å². The number of ether oxygens (including phenoxy) is 1. The molecular formula is C12H17ClFNO2. The highest BCUT2D eigenvalue weighted by molar-refractivity contribution is 5.85. The van der Waals surface area contributed by atoms with Gasteiger partial charge in [0.2, 0.25) is 0 Å². The second-order valence-electron chi connectivity index (χ2n) is 3.64. The van der Waals surface area contributed by atoms with Crippen molar-refractivity contribution in [3.8, 4) is 0 Å². The molecule has 0 aliphatic heterocycles. The Balaban J connectivity index is 0.00000256. The number of aryl methyl sites for hydroxylation is 1. The van der Waals surface area contributed by atoms with Gasteiger partial charge in [0, 0.05) is 11.6 Å². The SMILES string of the molecule is CCOC(=O)C[C@H](N)c1cc(C)ccc1F.Cl. The van der Waals surface area contributed by atoms with E-state index in [2.05, 4.69) is 0 Å². The first-order valence-electron chi connectivity index (χ1n) is 5.21. The van der Waals surface area contributed by atoms with E-state index < -0.39 is 12.0 Å². The van der Waals surface area contributed by atoms with Crippen LogP contribution in [-0.4, -0.2) is 12.6 Å². The number of hydrogen-bond donors (Lipinski definition) is 1. The van der Waals surface area contributed by atoms with Crippen molar-refractivity contribution < 1.29 is 13.9 Å². The molecule has 0 aromatic heterocycles. The van der Waals surface area contributed by atoms with Gasteiger partial charge in [-0.05, 0) is 19.9 Å². The largest absolute Gasteiger partial charge is 0.466 e. The minimum absolute atomic E-state index is 0. The second-order valence-corrected chi connectivity index (χ2v) is 3.64. The van der Waals surface area contributed by atoms with Crippen LogP contribution in [0.2, 0.25) is 0 Å². The van der Waals surface area contributed by atoms with Crippen LogP contribution in [-0.2, 0) is 9.53 Å². The molecule has 1 aromatic rings. The van der Waals surface area contributed by atoms with Crippen molar-refractivity contribution in [1.29, 1.82) is 0 Å². The molecule has 5 heteroatoms. The van der Waals surface area contributed by atoms with Gasteiger partial charge in [-0.15, -0.1) is 12.4 Å². The molecule has 0 radical (unpaired) electrons. The summed E-state index contributed by atoms with van der Waals surface area (Å²) in [5.41, 5.74) is 7.02. The number of benzene rings is 1. The monoisotopic (exact) mass is 261 g/mol. The molecule has 0 heterocycles. The fraction of sp³-hybridized carbons (Fsp3) is 0.417. The number of esters is 1. The molecule has 17 heavy (non-hydrogen) atoms. The third-order valence-corrected chi connectivity index (χ3v) is 2.24. The molecule has 0 spiro atoms. The normalized spacial score (nSPS) is 11.5. The average molecular weight is 262 g/mol. The van der Waals surface area contributed by atoms with Crippen LogP contribution in [0.4, 0.5) is 4.39 Å². The van der Waals surface area contributed by atoms with E-state index in [4.69, 9.17) is 10.5 Å². The first-order chi connectivity index (χ1) is 7.54. The number of carbonyl (C=O) groups is 1. The molecular weight excluding hydrogens is 245 g/mol. The minimum atomic E-state index is -0.654. The summed E-state index contributed by atoms with van der Waals surface area (Å²) in [5, 5.41) is 0. The number of halogens is 2. The topological polar surface area (TPSA) is 52.3 Å². The molecule has 0 aliphatic rings. The highest BCUT2D eigenvalue weighted by Gasteiger charge is 2.16. The molecule has 1 rings (SSSR count). The van der Waals surface area contributed by atoms with Crippen molar-refractivity contribution in [2.45, 2.75) is 26.3 Å². The Bertz CT molecular complexity index is 385. The highest BCUT2D eigenvalue weighted by Crippen LogP contribution is 2.19. The Labute approximate surface area is 107 Å². The Morgan fingerprint density at radius 3 is 2.76 bits per heavy atom. The number of carbonyl (C=O) groups excluding carboxylic acids is 1. The molecule has 2 N–H and O–H groups in total. The molecule has 0 unspecified atom stereocenters. The lowest BCUT2D eigenvalue weighted by Gasteiger charge is -2.12. The zero-order valence-electron chi connectivity index (χ0n) is 9.90. The lowest BCUT2D eigenvalue weighted by molar-refractivity contribution is -0.143. The van der Waals surface area contributed by atoms with Gasteiger partial charge >= 0.3 is 5.97 Å². The van der Waals surface area contributed by atoms with E-state index in [0.717, 1.165) is 5.56 Å². The predicted octanol–water partition coefficient (Wildman–Crippen LogP) is 2.51. The fourth-order valence-electron chi connectivity index (χ4n) is 1.46. The number of nitrogens with two attached hydrogens (primary N) is 1. The zero-order valence-corrected chi connectivity index (χ0v) is 10.7. The van der Waals surface area contributed by atoms with E-state index in [1.807, 2.05) is 6.92 Å². The quantitative estimate of drug-likeness (QED) is 0.848. The van der Waals surface area contributed by atoms with Gasteiger partial charge in [0.1, 0.15) is 5.82 Å². The van der Waals surface area contributed by atoms with Crippen LogP contribution in [0.25, 0.3) is 0 Å². The molecule has 0 amide bonds. The Kier molecular flexibility index (Phi) is 6.76. The van der Waals surface area contributed by atoms with E-state index >= 15 is 0 Å². The average Bonchev–Trinajstić information content (AvgIpc) is 2.21. The minimum Gasteiger partial charge on any atom is -0.466 e. The lowest BCUT2D eigenvalue weighted by Crippen LogP contribution is -2.18. The van der Waals surface area contributed by atoms with Crippen LogP contribution in [0, 0.1) is 12.7 Å². The maximum atomic E-state index is 13.4. The highest BCUT2D eigenvalue weighted by atomic mass is 35.5. The van der Waals surface area contributed by atoms with Gasteiger partial charge in [-0.1, -0.05) is 17.7 Å². The van der Waals surface area contributed by atoms with E-state index in [0.29, 0.717) is 12.2 Å². The maximum Gasteiger partial charge on any atom is 0.307 e. The Morgan fingerprint density at radius 2 is 2.18 bits per heavy atom. The van der Waals surface area contributed by atoms with Crippen LogP contribution in [0.15, 0.2) is 18.2 Å². The predicted molar refractivity (Wildman–Crippen MR) is 66.6 cm³/mol.